The van der Waals surface area contributed by atoms with Gasteiger partial charge < -0.3 is 9.64 Å². The van der Waals surface area contributed by atoms with Crippen LogP contribution in [0.2, 0.25) is 0 Å². The monoisotopic (exact) mass is 278 g/mol. The van der Waals surface area contributed by atoms with E-state index in [0.717, 1.165) is 18.8 Å². The molecule has 1 fully saturated rings. The minimum atomic E-state index is -0.298. The van der Waals surface area contributed by atoms with E-state index in [2.05, 4.69) is 30.0 Å². The highest BCUT2D eigenvalue weighted by Crippen LogP contribution is 2.31. The molecular formula is C18H18N2O. The van der Waals surface area contributed by atoms with Crippen LogP contribution in [0.1, 0.15) is 18.1 Å². The number of hydrogen-bond donors (Lipinski definition) is 0. The van der Waals surface area contributed by atoms with Gasteiger partial charge in [0.05, 0.1) is 24.8 Å². The van der Waals surface area contributed by atoms with Gasteiger partial charge in [0.25, 0.3) is 0 Å². The van der Waals surface area contributed by atoms with Crippen LogP contribution in [0.4, 0.5) is 5.69 Å². The molecular weight excluding hydrogens is 260 g/mol. The third-order valence-electron chi connectivity index (χ3n) is 4.02. The second-order valence-electron chi connectivity index (χ2n) is 5.53. The van der Waals surface area contributed by atoms with Crippen LogP contribution in [-0.4, -0.2) is 19.7 Å². The molecule has 0 spiro atoms. The van der Waals surface area contributed by atoms with Crippen molar-refractivity contribution < 1.29 is 4.74 Å². The molecule has 0 radical (unpaired) electrons. The molecule has 0 amide bonds. The predicted octanol–water partition coefficient (Wildman–Crippen LogP) is 3.31. The number of nitriles is 1. The average molecular weight is 278 g/mol. The normalized spacial score (nSPS) is 21.8. The van der Waals surface area contributed by atoms with Crippen molar-refractivity contribution in [2.24, 2.45) is 0 Å². The van der Waals surface area contributed by atoms with Gasteiger partial charge in [0.2, 0.25) is 0 Å². The van der Waals surface area contributed by atoms with Gasteiger partial charge in [0.1, 0.15) is 5.60 Å². The van der Waals surface area contributed by atoms with E-state index in [1.165, 1.54) is 5.56 Å². The van der Waals surface area contributed by atoms with Crippen LogP contribution in [0.15, 0.2) is 54.6 Å². The van der Waals surface area contributed by atoms with E-state index in [4.69, 9.17) is 10.00 Å². The van der Waals surface area contributed by atoms with Crippen LogP contribution in [-0.2, 0) is 10.3 Å². The van der Waals surface area contributed by atoms with Crippen molar-refractivity contribution in [1.29, 1.82) is 5.26 Å². The van der Waals surface area contributed by atoms with E-state index >= 15 is 0 Å². The molecule has 21 heavy (non-hydrogen) atoms. The zero-order valence-corrected chi connectivity index (χ0v) is 12.1. The quantitative estimate of drug-likeness (QED) is 0.845. The summed E-state index contributed by atoms with van der Waals surface area (Å²) >= 11 is 0. The first-order chi connectivity index (χ1) is 10.2. The molecule has 1 heterocycles. The fourth-order valence-electron chi connectivity index (χ4n) is 2.80. The molecule has 2 aromatic carbocycles. The van der Waals surface area contributed by atoms with E-state index in [-0.39, 0.29) is 5.60 Å². The van der Waals surface area contributed by atoms with E-state index < -0.39 is 0 Å². The summed E-state index contributed by atoms with van der Waals surface area (Å²) in [5, 5.41) is 8.89. The summed E-state index contributed by atoms with van der Waals surface area (Å²) in [6.45, 7) is 4.51. The van der Waals surface area contributed by atoms with Crippen LogP contribution < -0.4 is 4.90 Å². The van der Waals surface area contributed by atoms with Crippen LogP contribution in [0.3, 0.4) is 0 Å². The lowest BCUT2D eigenvalue weighted by Crippen LogP contribution is -2.48. The molecule has 1 atom stereocenters. The fraction of sp³-hybridized carbons (Fsp3) is 0.278. The average Bonchev–Trinajstić information content (AvgIpc) is 2.56. The Kier molecular flexibility index (Phi) is 3.64. The van der Waals surface area contributed by atoms with Crippen molar-refractivity contribution in [3.05, 3.63) is 65.7 Å². The van der Waals surface area contributed by atoms with Crippen molar-refractivity contribution in [3.8, 4) is 6.07 Å². The van der Waals surface area contributed by atoms with Crippen molar-refractivity contribution in [2.45, 2.75) is 12.5 Å². The van der Waals surface area contributed by atoms with Crippen LogP contribution in [0.25, 0.3) is 0 Å². The number of hydrogen-bond acceptors (Lipinski definition) is 3. The summed E-state index contributed by atoms with van der Waals surface area (Å²) < 4.78 is 6.05. The van der Waals surface area contributed by atoms with Gasteiger partial charge in [0.15, 0.2) is 0 Å². The summed E-state index contributed by atoms with van der Waals surface area (Å²) in [6.07, 6.45) is 0. The molecule has 1 aliphatic rings. The summed E-state index contributed by atoms with van der Waals surface area (Å²) in [7, 11) is 0. The van der Waals surface area contributed by atoms with E-state index in [9.17, 15) is 0 Å². The molecule has 0 bridgehead atoms. The number of ether oxygens (including phenoxy) is 1. The highest BCUT2D eigenvalue weighted by molar-refractivity contribution is 5.50. The Morgan fingerprint density at radius 3 is 2.48 bits per heavy atom. The smallest absolute Gasteiger partial charge is 0.108 e. The Morgan fingerprint density at radius 1 is 1.10 bits per heavy atom. The van der Waals surface area contributed by atoms with Gasteiger partial charge in [-0.05, 0) is 36.8 Å². The number of anilines is 1. The van der Waals surface area contributed by atoms with Crippen molar-refractivity contribution >= 4 is 5.69 Å². The lowest BCUT2D eigenvalue weighted by molar-refractivity contribution is -0.0465. The number of benzene rings is 2. The van der Waals surface area contributed by atoms with Gasteiger partial charge >= 0.3 is 0 Å². The Hall–Kier alpha value is -2.31. The first-order valence-electron chi connectivity index (χ1n) is 7.16. The third-order valence-corrected chi connectivity index (χ3v) is 4.02. The van der Waals surface area contributed by atoms with E-state index in [1.54, 1.807) is 0 Å². The Morgan fingerprint density at radius 2 is 1.81 bits per heavy atom. The highest BCUT2D eigenvalue weighted by atomic mass is 16.5. The topological polar surface area (TPSA) is 36.3 Å². The summed E-state index contributed by atoms with van der Waals surface area (Å²) in [6, 6.07) is 20.2. The number of nitrogens with zero attached hydrogens (tertiary/aromatic N) is 2. The molecule has 106 valence electrons. The molecule has 3 heteroatoms. The van der Waals surface area contributed by atoms with Gasteiger partial charge in [-0.1, -0.05) is 30.3 Å². The second kappa shape index (κ2) is 5.59. The van der Waals surface area contributed by atoms with Gasteiger partial charge in [-0.2, -0.15) is 5.26 Å². The van der Waals surface area contributed by atoms with Gasteiger partial charge in [-0.15, -0.1) is 0 Å². The zero-order valence-electron chi connectivity index (χ0n) is 12.1. The molecule has 1 saturated heterocycles. The van der Waals surface area contributed by atoms with E-state index in [0.29, 0.717) is 12.2 Å². The van der Waals surface area contributed by atoms with Crippen LogP contribution in [0, 0.1) is 11.3 Å². The summed E-state index contributed by atoms with van der Waals surface area (Å²) in [5.41, 5.74) is 2.73. The third kappa shape index (κ3) is 2.76. The van der Waals surface area contributed by atoms with Gasteiger partial charge in [-0.3, -0.25) is 0 Å². The maximum Gasteiger partial charge on any atom is 0.108 e. The zero-order chi connectivity index (χ0) is 14.7. The molecule has 3 nitrogen and oxygen atoms in total. The molecule has 2 aromatic rings. The first-order valence-corrected chi connectivity index (χ1v) is 7.16. The minimum absolute atomic E-state index is 0.298. The Balaban J connectivity index is 1.84. The van der Waals surface area contributed by atoms with Gasteiger partial charge in [0, 0.05) is 12.2 Å². The largest absolute Gasteiger partial charge is 0.367 e. The molecule has 3 rings (SSSR count). The van der Waals surface area contributed by atoms with Crippen LogP contribution >= 0.6 is 0 Å². The van der Waals surface area contributed by atoms with Crippen molar-refractivity contribution in [1.82, 2.24) is 0 Å². The van der Waals surface area contributed by atoms with Crippen LogP contribution in [0.5, 0.6) is 0 Å². The lowest BCUT2D eigenvalue weighted by atomic mass is 9.93. The molecule has 0 aliphatic carbocycles. The van der Waals surface area contributed by atoms with E-state index in [1.807, 2.05) is 42.5 Å². The molecule has 1 aliphatic heterocycles. The molecule has 0 N–H and O–H groups in total. The van der Waals surface area contributed by atoms with Crippen molar-refractivity contribution in [3.63, 3.8) is 0 Å². The number of rotatable bonds is 2. The Labute approximate surface area is 125 Å². The minimum Gasteiger partial charge on any atom is -0.367 e. The lowest BCUT2D eigenvalue weighted by Gasteiger charge is -2.42. The Bertz CT molecular complexity index is 645. The first kappa shape index (κ1) is 13.7. The highest BCUT2D eigenvalue weighted by Gasteiger charge is 2.33. The van der Waals surface area contributed by atoms with Gasteiger partial charge in [-0.25, -0.2) is 0 Å². The SMILES string of the molecule is CC1(c2ccccc2)CN(c2ccc(C#N)cc2)CCO1. The molecule has 0 aromatic heterocycles. The van der Waals surface area contributed by atoms with Crippen molar-refractivity contribution in [2.75, 3.05) is 24.6 Å². The maximum absolute atomic E-state index is 8.89. The summed E-state index contributed by atoms with van der Waals surface area (Å²) in [5.74, 6) is 0. The molecule has 1 unspecified atom stereocenters. The maximum atomic E-state index is 8.89. The standard InChI is InChI=1S/C18H18N2O/c1-18(16-5-3-2-4-6-16)14-20(11-12-21-18)17-9-7-15(13-19)8-10-17/h2-10H,11-12,14H2,1H3. The molecule has 0 saturated carbocycles. The fourth-order valence-corrected chi connectivity index (χ4v) is 2.80. The summed E-state index contributed by atoms with van der Waals surface area (Å²) in [4.78, 5) is 2.32. The predicted molar refractivity (Wildman–Crippen MR) is 83.1 cm³/mol. The second-order valence-corrected chi connectivity index (χ2v) is 5.53. The number of morpholine rings is 1.